The Hall–Kier alpha value is -2.84. The van der Waals surface area contributed by atoms with Crippen molar-refractivity contribution < 1.29 is 23.8 Å². The highest BCUT2D eigenvalue weighted by molar-refractivity contribution is 9.10. The van der Waals surface area contributed by atoms with Gasteiger partial charge in [0.05, 0.1) is 13.7 Å². The molecule has 1 N–H and O–H groups in total. The van der Waals surface area contributed by atoms with Crippen LogP contribution in [0.3, 0.4) is 0 Å². The van der Waals surface area contributed by atoms with Gasteiger partial charge in [-0.15, -0.1) is 11.3 Å². The fourth-order valence-corrected chi connectivity index (χ4v) is 5.35. The molecular formula is C25H26BrNO5S. The highest BCUT2D eigenvalue weighted by atomic mass is 79.9. The van der Waals surface area contributed by atoms with Crippen molar-refractivity contribution in [2.45, 2.75) is 27.7 Å². The monoisotopic (exact) mass is 531 g/mol. The fourth-order valence-electron chi connectivity index (χ4n) is 3.59. The number of nitrogens with one attached hydrogen (secondary N) is 1. The van der Waals surface area contributed by atoms with Gasteiger partial charge in [-0.2, -0.15) is 0 Å². The molecule has 1 aromatic heterocycles. The summed E-state index contributed by atoms with van der Waals surface area (Å²) in [4.78, 5) is 26.3. The van der Waals surface area contributed by atoms with Crippen LogP contribution in [-0.2, 0) is 9.53 Å². The number of hydrogen-bond acceptors (Lipinski definition) is 6. The molecular weight excluding hydrogens is 506 g/mol. The Bertz CT molecular complexity index is 1150. The van der Waals surface area contributed by atoms with Gasteiger partial charge >= 0.3 is 5.97 Å². The van der Waals surface area contributed by atoms with Crippen LogP contribution in [0.15, 0.2) is 40.9 Å². The highest BCUT2D eigenvalue weighted by Crippen LogP contribution is 2.40. The Morgan fingerprint density at radius 3 is 2.24 bits per heavy atom. The fraction of sp³-hybridized carbons (Fsp3) is 0.280. The SMILES string of the molecule is CCOc1ccc(-c2c(C)sc(NC(=O)COc3c(C)cc(Br)cc3C)c2C(=O)OC)cc1. The predicted molar refractivity (Wildman–Crippen MR) is 135 cm³/mol. The van der Waals surface area contributed by atoms with Crippen molar-refractivity contribution in [2.24, 2.45) is 0 Å². The normalized spacial score (nSPS) is 10.6. The maximum absolute atomic E-state index is 12.7. The summed E-state index contributed by atoms with van der Waals surface area (Å²) in [6.45, 7) is 8.06. The minimum absolute atomic E-state index is 0.181. The van der Waals surface area contributed by atoms with Gasteiger partial charge in [-0.1, -0.05) is 28.1 Å². The lowest BCUT2D eigenvalue weighted by atomic mass is 10.0. The molecule has 174 valence electrons. The van der Waals surface area contributed by atoms with E-state index in [1.165, 1.54) is 18.4 Å². The minimum atomic E-state index is -0.515. The second-order valence-electron chi connectivity index (χ2n) is 7.39. The summed E-state index contributed by atoms with van der Waals surface area (Å²) in [6.07, 6.45) is 0. The Labute approximate surface area is 206 Å². The first-order valence-electron chi connectivity index (χ1n) is 10.4. The number of carbonyl (C=O) groups excluding carboxylic acids is 2. The molecule has 0 fully saturated rings. The van der Waals surface area contributed by atoms with E-state index in [4.69, 9.17) is 14.2 Å². The molecule has 3 rings (SSSR count). The molecule has 0 unspecified atom stereocenters. The number of benzene rings is 2. The first kappa shape index (κ1) is 24.8. The molecule has 0 saturated carbocycles. The quantitative estimate of drug-likeness (QED) is 0.345. The zero-order valence-electron chi connectivity index (χ0n) is 19.2. The first-order chi connectivity index (χ1) is 15.7. The van der Waals surface area contributed by atoms with E-state index < -0.39 is 5.97 Å². The smallest absolute Gasteiger partial charge is 0.341 e. The molecule has 0 atom stereocenters. The number of thiophene rings is 1. The first-order valence-corrected chi connectivity index (χ1v) is 12.0. The summed E-state index contributed by atoms with van der Waals surface area (Å²) >= 11 is 4.78. The average Bonchev–Trinajstić information content (AvgIpc) is 3.08. The number of ether oxygens (including phenoxy) is 3. The van der Waals surface area contributed by atoms with Crippen LogP contribution in [-0.4, -0.2) is 32.2 Å². The Morgan fingerprint density at radius 1 is 1.03 bits per heavy atom. The number of carbonyl (C=O) groups is 2. The maximum atomic E-state index is 12.7. The zero-order valence-corrected chi connectivity index (χ0v) is 21.6. The second-order valence-corrected chi connectivity index (χ2v) is 9.53. The van der Waals surface area contributed by atoms with Crippen LogP contribution in [0.5, 0.6) is 11.5 Å². The van der Waals surface area contributed by atoms with E-state index in [9.17, 15) is 9.59 Å². The van der Waals surface area contributed by atoms with Gasteiger partial charge in [-0.3, -0.25) is 4.79 Å². The Morgan fingerprint density at radius 2 is 1.67 bits per heavy atom. The number of rotatable bonds is 8. The van der Waals surface area contributed by atoms with Crippen LogP contribution >= 0.6 is 27.3 Å². The van der Waals surface area contributed by atoms with E-state index >= 15 is 0 Å². The predicted octanol–water partition coefficient (Wildman–Crippen LogP) is 6.31. The summed E-state index contributed by atoms with van der Waals surface area (Å²) in [5.74, 6) is 0.539. The average molecular weight is 532 g/mol. The van der Waals surface area contributed by atoms with E-state index in [0.717, 1.165) is 37.4 Å². The van der Waals surface area contributed by atoms with Crippen LogP contribution in [0.25, 0.3) is 11.1 Å². The molecule has 0 aliphatic heterocycles. The van der Waals surface area contributed by atoms with E-state index in [-0.39, 0.29) is 12.5 Å². The molecule has 8 heteroatoms. The van der Waals surface area contributed by atoms with Gasteiger partial charge in [-0.05, 0) is 68.7 Å². The number of amides is 1. The molecule has 33 heavy (non-hydrogen) atoms. The summed E-state index contributed by atoms with van der Waals surface area (Å²) in [5.41, 5.74) is 3.74. The van der Waals surface area contributed by atoms with Crippen LogP contribution < -0.4 is 14.8 Å². The lowest BCUT2D eigenvalue weighted by molar-refractivity contribution is -0.118. The van der Waals surface area contributed by atoms with Gasteiger partial charge in [0.2, 0.25) is 0 Å². The largest absolute Gasteiger partial charge is 0.494 e. The number of methoxy groups -OCH3 is 1. The maximum Gasteiger partial charge on any atom is 0.341 e. The molecule has 2 aromatic carbocycles. The van der Waals surface area contributed by atoms with Crippen molar-refractivity contribution in [3.05, 3.63) is 62.4 Å². The Kier molecular flexibility index (Phi) is 8.15. The van der Waals surface area contributed by atoms with Gasteiger partial charge in [0, 0.05) is 14.9 Å². The van der Waals surface area contributed by atoms with E-state index in [1.807, 2.05) is 64.1 Å². The topological polar surface area (TPSA) is 73.9 Å². The van der Waals surface area contributed by atoms with Crippen molar-refractivity contribution in [1.82, 2.24) is 0 Å². The van der Waals surface area contributed by atoms with E-state index in [2.05, 4.69) is 21.2 Å². The second kappa shape index (κ2) is 10.9. The van der Waals surface area contributed by atoms with Gasteiger partial charge in [0.15, 0.2) is 6.61 Å². The molecule has 1 heterocycles. The number of anilines is 1. The van der Waals surface area contributed by atoms with Crippen molar-refractivity contribution >= 4 is 44.1 Å². The molecule has 0 saturated heterocycles. The van der Waals surface area contributed by atoms with Crippen molar-refractivity contribution in [3.63, 3.8) is 0 Å². The number of halogens is 1. The van der Waals surface area contributed by atoms with E-state index in [0.29, 0.717) is 22.9 Å². The lowest BCUT2D eigenvalue weighted by Gasteiger charge is -2.13. The van der Waals surface area contributed by atoms with Gasteiger partial charge in [-0.25, -0.2) is 4.79 Å². The van der Waals surface area contributed by atoms with Gasteiger partial charge in [0.25, 0.3) is 5.91 Å². The molecule has 1 amide bonds. The summed E-state index contributed by atoms with van der Waals surface area (Å²) in [5, 5.41) is 3.26. The van der Waals surface area contributed by atoms with Crippen LogP contribution in [0.4, 0.5) is 5.00 Å². The van der Waals surface area contributed by atoms with Crippen molar-refractivity contribution in [3.8, 4) is 22.6 Å². The van der Waals surface area contributed by atoms with Crippen LogP contribution in [0, 0.1) is 20.8 Å². The Balaban J connectivity index is 1.85. The molecule has 0 bridgehead atoms. The lowest BCUT2D eigenvalue weighted by Crippen LogP contribution is -2.21. The number of aryl methyl sites for hydroxylation is 3. The standard InChI is InChI=1S/C25H26BrNO5S/c1-6-31-19-9-7-17(8-10-19)21-16(4)33-24(22(21)25(29)30-5)27-20(28)13-32-23-14(2)11-18(26)12-15(23)3/h7-12H,6,13H2,1-5H3,(H,27,28). The molecule has 3 aromatic rings. The van der Waals surface area contributed by atoms with Crippen LogP contribution in [0.2, 0.25) is 0 Å². The van der Waals surface area contributed by atoms with E-state index in [1.54, 1.807) is 0 Å². The van der Waals surface area contributed by atoms with Gasteiger partial charge < -0.3 is 19.5 Å². The third-order valence-corrected chi connectivity index (χ3v) is 6.43. The number of esters is 1. The third kappa shape index (κ3) is 5.75. The highest BCUT2D eigenvalue weighted by Gasteiger charge is 2.25. The summed E-state index contributed by atoms with van der Waals surface area (Å²) in [7, 11) is 1.32. The molecule has 0 radical (unpaired) electrons. The summed E-state index contributed by atoms with van der Waals surface area (Å²) < 4.78 is 17.3. The molecule has 0 aliphatic rings. The molecule has 0 aliphatic carbocycles. The molecule has 0 spiro atoms. The van der Waals surface area contributed by atoms with Crippen LogP contribution in [0.1, 0.15) is 33.3 Å². The zero-order chi connectivity index (χ0) is 24.1. The van der Waals surface area contributed by atoms with Crippen molar-refractivity contribution in [2.75, 3.05) is 25.6 Å². The minimum Gasteiger partial charge on any atom is -0.494 e. The molecule has 6 nitrogen and oxygen atoms in total. The van der Waals surface area contributed by atoms with Crippen molar-refractivity contribution in [1.29, 1.82) is 0 Å². The number of hydrogen-bond donors (Lipinski definition) is 1. The van der Waals surface area contributed by atoms with Gasteiger partial charge in [0.1, 0.15) is 22.1 Å². The third-order valence-electron chi connectivity index (χ3n) is 4.95. The summed E-state index contributed by atoms with van der Waals surface area (Å²) in [6, 6.07) is 11.3.